The van der Waals surface area contributed by atoms with E-state index < -0.39 is 0 Å². The zero-order chi connectivity index (χ0) is 15.2. The van der Waals surface area contributed by atoms with Crippen molar-refractivity contribution in [1.29, 1.82) is 0 Å². The van der Waals surface area contributed by atoms with Gasteiger partial charge in [-0.3, -0.25) is 4.40 Å². The molecule has 5 rings (SSSR count). The Bertz CT molecular complexity index is 836. The Kier molecular flexibility index (Phi) is 3.07. The second kappa shape index (κ2) is 5.26. The second-order valence-corrected chi connectivity index (χ2v) is 7.21. The molecule has 3 aromatic heterocycles. The van der Waals surface area contributed by atoms with Crippen molar-refractivity contribution >= 4 is 22.3 Å². The van der Waals surface area contributed by atoms with Crippen molar-refractivity contribution in [3.05, 3.63) is 36.0 Å². The van der Waals surface area contributed by atoms with Crippen LogP contribution in [0.15, 0.2) is 24.4 Å². The van der Waals surface area contributed by atoms with Crippen molar-refractivity contribution in [2.75, 3.05) is 18.0 Å². The van der Waals surface area contributed by atoms with E-state index in [4.69, 9.17) is 4.98 Å². The van der Waals surface area contributed by atoms with E-state index in [1.807, 2.05) is 18.2 Å². The Hall–Kier alpha value is -2.02. The van der Waals surface area contributed by atoms with Gasteiger partial charge in [0, 0.05) is 42.7 Å². The Morgan fingerprint density at radius 1 is 1.09 bits per heavy atom. The number of pyridine rings is 1. The second-order valence-electron chi connectivity index (χ2n) is 6.48. The highest BCUT2D eigenvalue weighted by molar-refractivity contribution is 7.09. The predicted molar refractivity (Wildman–Crippen MR) is 89.1 cm³/mol. The molecule has 1 unspecified atom stereocenters. The summed E-state index contributed by atoms with van der Waals surface area (Å²) in [5.74, 6) is 3.15. The summed E-state index contributed by atoms with van der Waals surface area (Å²) in [5, 5.41) is 9.81. The highest BCUT2D eigenvalue weighted by Crippen LogP contribution is 2.40. The Balaban J connectivity index is 1.41. The summed E-state index contributed by atoms with van der Waals surface area (Å²) in [6.45, 7) is 2.02. The molecule has 1 aliphatic carbocycles. The Labute approximate surface area is 138 Å². The van der Waals surface area contributed by atoms with E-state index in [0.29, 0.717) is 11.8 Å². The van der Waals surface area contributed by atoms with Gasteiger partial charge >= 0.3 is 0 Å². The quantitative estimate of drug-likeness (QED) is 0.741. The smallest absolute Gasteiger partial charge is 0.205 e. The monoisotopic (exact) mass is 326 g/mol. The number of hydrogen-bond acceptors (Lipinski definition) is 6. The molecule has 1 saturated heterocycles. The van der Waals surface area contributed by atoms with Crippen LogP contribution in [-0.4, -0.2) is 37.0 Å². The topological polar surface area (TPSA) is 59.2 Å². The lowest BCUT2D eigenvalue weighted by Gasteiger charge is -2.31. The first-order valence-electron chi connectivity index (χ1n) is 8.27. The van der Waals surface area contributed by atoms with Crippen LogP contribution in [0.5, 0.6) is 0 Å². The van der Waals surface area contributed by atoms with Gasteiger partial charge in [0.2, 0.25) is 5.13 Å². The molecule has 1 aliphatic heterocycles. The number of piperidine rings is 1. The molecule has 7 heteroatoms. The third-order valence-electron chi connectivity index (χ3n) is 4.77. The molecule has 0 radical (unpaired) electrons. The fourth-order valence-corrected chi connectivity index (χ4v) is 4.14. The molecule has 1 saturated carbocycles. The van der Waals surface area contributed by atoms with Gasteiger partial charge in [-0.15, -0.1) is 10.2 Å². The van der Waals surface area contributed by atoms with Crippen LogP contribution in [0, 0.1) is 0 Å². The maximum Gasteiger partial charge on any atom is 0.205 e. The summed E-state index contributed by atoms with van der Waals surface area (Å²) in [6.07, 6.45) is 6.88. The first-order chi connectivity index (χ1) is 11.4. The van der Waals surface area contributed by atoms with Gasteiger partial charge in [0.1, 0.15) is 11.6 Å². The predicted octanol–water partition coefficient (Wildman–Crippen LogP) is 2.84. The van der Waals surface area contributed by atoms with Crippen LogP contribution < -0.4 is 4.90 Å². The van der Waals surface area contributed by atoms with Crippen molar-refractivity contribution in [2.45, 2.75) is 37.5 Å². The fraction of sp³-hybridized carbons (Fsp3) is 0.500. The minimum Gasteiger partial charge on any atom is -0.346 e. The molecular formula is C16H18N6S. The molecule has 118 valence electrons. The minimum atomic E-state index is 0.398. The van der Waals surface area contributed by atoms with E-state index in [-0.39, 0.29) is 0 Å². The number of aromatic nitrogens is 5. The zero-order valence-corrected chi connectivity index (χ0v) is 13.6. The van der Waals surface area contributed by atoms with E-state index in [0.717, 1.165) is 48.4 Å². The third-order valence-corrected chi connectivity index (χ3v) is 5.56. The van der Waals surface area contributed by atoms with E-state index in [1.165, 1.54) is 12.8 Å². The molecule has 0 amide bonds. The van der Waals surface area contributed by atoms with Crippen molar-refractivity contribution < 1.29 is 0 Å². The van der Waals surface area contributed by atoms with E-state index in [1.54, 1.807) is 11.5 Å². The van der Waals surface area contributed by atoms with Gasteiger partial charge in [-0.25, -0.2) is 4.98 Å². The first-order valence-corrected chi connectivity index (χ1v) is 9.04. The van der Waals surface area contributed by atoms with Crippen LogP contribution in [-0.2, 0) is 0 Å². The number of fused-ring (bicyclic) bond motifs is 1. The first kappa shape index (κ1) is 13.4. The molecule has 1 atom stereocenters. The van der Waals surface area contributed by atoms with Gasteiger partial charge in [-0.1, -0.05) is 6.07 Å². The number of hydrogen-bond donors (Lipinski definition) is 0. The highest BCUT2D eigenvalue weighted by atomic mass is 32.1. The lowest BCUT2D eigenvalue weighted by molar-refractivity contribution is 0.487. The zero-order valence-electron chi connectivity index (χ0n) is 12.8. The summed E-state index contributed by atoms with van der Waals surface area (Å²) in [5.41, 5.74) is 0.923. The van der Waals surface area contributed by atoms with Crippen LogP contribution >= 0.6 is 11.5 Å². The minimum absolute atomic E-state index is 0.398. The normalized spacial score (nSPS) is 21.9. The lowest BCUT2D eigenvalue weighted by atomic mass is 9.97. The van der Waals surface area contributed by atoms with Gasteiger partial charge in [-0.2, -0.15) is 4.37 Å². The van der Waals surface area contributed by atoms with Crippen LogP contribution in [0.2, 0.25) is 0 Å². The van der Waals surface area contributed by atoms with Crippen molar-refractivity contribution in [1.82, 2.24) is 24.0 Å². The molecule has 23 heavy (non-hydrogen) atoms. The third kappa shape index (κ3) is 2.39. The molecule has 0 bridgehead atoms. The molecule has 2 fully saturated rings. The van der Waals surface area contributed by atoms with Crippen LogP contribution in [0.1, 0.15) is 49.2 Å². The molecule has 0 spiro atoms. The average molecular weight is 326 g/mol. The number of rotatable bonds is 3. The SMILES string of the molecule is c1ccn2c(C3CCCN(c4nc(C5CC5)ns4)C3)nnc2c1. The molecule has 6 nitrogen and oxygen atoms in total. The Morgan fingerprint density at radius 3 is 2.96 bits per heavy atom. The molecule has 3 aromatic rings. The molecule has 2 aliphatic rings. The fourth-order valence-electron chi connectivity index (χ4n) is 3.36. The summed E-state index contributed by atoms with van der Waals surface area (Å²) in [6, 6.07) is 6.04. The lowest BCUT2D eigenvalue weighted by Crippen LogP contribution is -2.35. The van der Waals surface area contributed by atoms with E-state index >= 15 is 0 Å². The van der Waals surface area contributed by atoms with E-state index in [9.17, 15) is 0 Å². The number of anilines is 1. The van der Waals surface area contributed by atoms with Gasteiger partial charge in [0.25, 0.3) is 0 Å². The van der Waals surface area contributed by atoms with E-state index in [2.05, 4.69) is 30.1 Å². The van der Waals surface area contributed by atoms with Gasteiger partial charge in [-0.05, 0) is 37.8 Å². The summed E-state index contributed by atoms with van der Waals surface area (Å²) in [7, 11) is 0. The maximum atomic E-state index is 4.76. The van der Waals surface area contributed by atoms with Gasteiger partial charge in [0.05, 0.1) is 0 Å². The highest BCUT2D eigenvalue weighted by Gasteiger charge is 2.31. The number of nitrogens with zero attached hydrogens (tertiary/aromatic N) is 6. The van der Waals surface area contributed by atoms with Crippen LogP contribution in [0.4, 0.5) is 5.13 Å². The summed E-state index contributed by atoms with van der Waals surface area (Å²) >= 11 is 1.55. The largest absolute Gasteiger partial charge is 0.346 e. The molecule has 0 aromatic carbocycles. The van der Waals surface area contributed by atoms with Crippen LogP contribution in [0.3, 0.4) is 0 Å². The van der Waals surface area contributed by atoms with Gasteiger partial charge < -0.3 is 4.90 Å². The standard InChI is InChI=1S/C16H18N6S/c1-2-9-22-13(5-1)18-19-15(22)12-4-3-8-21(10-12)16-17-14(20-23-16)11-6-7-11/h1-2,5,9,11-12H,3-4,6-8,10H2. The summed E-state index contributed by atoms with van der Waals surface area (Å²) in [4.78, 5) is 7.14. The van der Waals surface area contributed by atoms with Crippen molar-refractivity contribution in [3.63, 3.8) is 0 Å². The van der Waals surface area contributed by atoms with Gasteiger partial charge in [0.15, 0.2) is 5.65 Å². The van der Waals surface area contributed by atoms with Crippen molar-refractivity contribution in [2.24, 2.45) is 0 Å². The molecular weight excluding hydrogens is 308 g/mol. The Morgan fingerprint density at radius 2 is 2.04 bits per heavy atom. The summed E-state index contributed by atoms with van der Waals surface area (Å²) < 4.78 is 6.66. The average Bonchev–Trinajstić information content (AvgIpc) is 3.18. The van der Waals surface area contributed by atoms with Crippen LogP contribution in [0.25, 0.3) is 5.65 Å². The molecule has 0 N–H and O–H groups in total. The molecule has 4 heterocycles. The van der Waals surface area contributed by atoms with Crippen molar-refractivity contribution in [3.8, 4) is 0 Å². The maximum absolute atomic E-state index is 4.76.